The highest BCUT2D eigenvalue weighted by Gasteiger charge is 2.13. The first kappa shape index (κ1) is 6.59. The van der Waals surface area contributed by atoms with Gasteiger partial charge in [0.2, 0.25) is 0 Å². The average Bonchev–Trinajstić information content (AvgIpc) is 1.88. The van der Waals surface area contributed by atoms with E-state index in [-0.39, 0.29) is 0 Å². The smallest absolute Gasteiger partial charge is 0.0573 e. The predicted molar refractivity (Wildman–Crippen MR) is 36.9 cm³/mol. The normalized spacial score (nSPS) is 33.0. The van der Waals surface area contributed by atoms with Gasteiger partial charge in [0, 0.05) is 0 Å². The van der Waals surface area contributed by atoms with Gasteiger partial charge in [-0.2, -0.15) is 0 Å². The van der Waals surface area contributed by atoms with Gasteiger partial charge in [0.1, 0.15) is 0 Å². The first-order chi connectivity index (χ1) is 4.33. The van der Waals surface area contributed by atoms with Crippen LogP contribution in [0.25, 0.3) is 0 Å². The van der Waals surface area contributed by atoms with Crippen molar-refractivity contribution in [1.29, 1.82) is 0 Å². The lowest BCUT2D eigenvalue weighted by Gasteiger charge is -2.17. The Morgan fingerprint density at radius 1 is 1.67 bits per heavy atom. The van der Waals surface area contributed by atoms with Crippen molar-refractivity contribution in [3.05, 3.63) is 0 Å². The monoisotopic (exact) mass is 127 g/mol. The Bertz CT molecular complexity index is 120. The minimum Gasteiger partial charge on any atom is -0.411 e. The van der Waals surface area contributed by atoms with Crippen LogP contribution in [0.4, 0.5) is 0 Å². The van der Waals surface area contributed by atoms with Crippen LogP contribution in [0.1, 0.15) is 32.6 Å². The Hall–Kier alpha value is -0.530. The van der Waals surface area contributed by atoms with Gasteiger partial charge >= 0.3 is 0 Å². The molecular formula is C7H13NO. The van der Waals surface area contributed by atoms with E-state index in [2.05, 4.69) is 12.1 Å². The maximum absolute atomic E-state index is 8.40. The second kappa shape index (κ2) is 2.85. The third kappa shape index (κ3) is 1.70. The van der Waals surface area contributed by atoms with E-state index in [1.165, 1.54) is 12.8 Å². The molecule has 0 aromatic rings. The lowest BCUT2D eigenvalue weighted by Crippen LogP contribution is -2.12. The first-order valence-corrected chi connectivity index (χ1v) is 3.52. The molecule has 1 aliphatic carbocycles. The summed E-state index contributed by atoms with van der Waals surface area (Å²) in [6.45, 7) is 2.20. The van der Waals surface area contributed by atoms with Crippen LogP contribution in [-0.2, 0) is 0 Å². The third-order valence-corrected chi connectivity index (χ3v) is 1.89. The summed E-state index contributed by atoms with van der Waals surface area (Å²) >= 11 is 0. The van der Waals surface area contributed by atoms with Gasteiger partial charge in [-0.3, -0.25) is 0 Å². The molecule has 0 aliphatic heterocycles. The molecule has 2 heteroatoms. The largest absolute Gasteiger partial charge is 0.411 e. The fraction of sp³-hybridized carbons (Fsp3) is 0.857. The van der Waals surface area contributed by atoms with Gasteiger partial charge in [-0.25, -0.2) is 0 Å². The molecule has 0 amide bonds. The Kier molecular flexibility index (Phi) is 2.09. The summed E-state index contributed by atoms with van der Waals surface area (Å²) in [4.78, 5) is 0. The average molecular weight is 127 g/mol. The molecule has 2 nitrogen and oxygen atoms in total. The second-order valence-electron chi connectivity index (χ2n) is 2.87. The highest BCUT2D eigenvalue weighted by Crippen LogP contribution is 2.20. The Balaban J connectivity index is 2.41. The maximum Gasteiger partial charge on any atom is 0.0573 e. The molecule has 0 spiro atoms. The van der Waals surface area contributed by atoms with Gasteiger partial charge in [-0.1, -0.05) is 12.1 Å². The van der Waals surface area contributed by atoms with Gasteiger partial charge in [0.05, 0.1) is 5.71 Å². The molecule has 1 atom stereocenters. The minimum atomic E-state index is 0.727. The van der Waals surface area contributed by atoms with E-state index in [0.29, 0.717) is 0 Å². The fourth-order valence-electron chi connectivity index (χ4n) is 1.35. The lowest BCUT2D eigenvalue weighted by molar-refractivity contribution is 0.311. The van der Waals surface area contributed by atoms with E-state index >= 15 is 0 Å². The molecule has 0 heterocycles. The topological polar surface area (TPSA) is 32.6 Å². The quantitative estimate of drug-likeness (QED) is 0.392. The zero-order chi connectivity index (χ0) is 6.69. The zero-order valence-electron chi connectivity index (χ0n) is 5.80. The summed E-state index contributed by atoms with van der Waals surface area (Å²) < 4.78 is 0. The van der Waals surface area contributed by atoms with Gasteiger partial charge < -0.3 is 5.21 Å². The number of rotatable bonds is 0. The molecule has 0 aromatic carbocycles. The molecule has 0 aromatic heterocycles. The highest BCUT2D eigenvalue weighted by atomic mass is 16.4. The van der Waals surface area contributed by atoms with Crippen molar-refractivity contribution in [2.45, 2.75) is 32.6 Å². The van der Waals surface area contributed by atoms with Crippen molar-refractivity contribution >= 4 is 5.71 Å². The van der Waals surface area contributed by atoms with Crippen molar-refractivity contribution in [3.8, 4) is 0 Å². The van der Waals surface area contributed by atoms with E-state index in [1.807, 2.05) is 0 Å². The van der Waals surface area contributed by atoms with Crippen LogP contribution < -0.4 is 0 Å². The molecule has 1 fully saturated rings. The Morgan fingerprint density at radius 2 is 2.44 bits per heavy atom. The molecule has 9 heavy (non-hydrogen) atoms. The molecule has 1 N–H and O–H groups in total. The molecule has 52 valence electrons. The molecule has 0 radical (unpaired) electrons. The van der Waals surface area contributed by atoms with Gasteiger partial charge in [-0.05, 0) is 31.6 Å². The maximum atomic E-state index is 8.40. The highest BCUT2D eigenvalue weighted by molar-refractivity contribution is 5.84. The van der Waals surface area contributed by atoms with E-state index in [9.17, 15) is 0 Å². The number of hydrogen-bond donors (Lipinski definition) is 1. The summed E-state index contributed by atoms with van der Waals surface area (Å²) in [6.07, 6.45) is 4.48. The SMILES string of the molecule is C[C@@H]1CCC/C(=N\O)C1. The number of nitrogens with zero attached hydrogens (tertiary/aromatic N) is 1. The molecule has 0 unspecified atom stereocenters. The third-order valence-electron chi connectivity index (χ3n) is 1.89. The summed E-state index contributed by atoms with van der Waals surface area (Å²) in [5.41, 5.74) is 0.980. The summed E-state index contributed by atoms with van der Waals surface area (Å²) in [5, 5.41) is 11.6. The van der Waals surface area contributed by atoms with E-state index in [0.717, 1.165) is 24.5 Å². The van der Waals surface area contributed by atoms with Gasteiger partial charge in [-0.15, -0.1) is 0 Å². The van der Waals surface area contributed by atoms with Crippen LogP contribution in [0.2, 0.25) is 0 Å². The van der Waals surface area contributed by atoms with Crippen molar-refractivity contribution < 1.29 is 5.21 Å². The van der Waals surface area contributed by atoms with Crippen LogP contribution in [0.15, 0.2) is 5.16 Å². The Labute approximate surface area is 55.6 Å². The predicted octanol–water partition coefficient (Wildman–Crippen LogP) is 2.03. The molecule has 1 rings (SSSR count). The van der Waals surface area contributed by atoms with Crippen LogP contribution in [0.3, 0.4) is 0 Å². The molecule has 1 aliphatic rings. The fourth-order valence-corrected chi connectivity index (χ4v) is 1.35. The van der Waals surface area contributed by atoms with Crippen molar-refractivity contribution in [1.82, 2.24) is 0 Å². The first-order valence-electron chi connectivity index (χ1n) is 3.52. The Morgan fingerprint density at radius 3 is 2.89 bits per heavy atom. The van der Waals surface area contributed by atoms with Crippen LogP contribution in [0.5, 0.6) is 0 Å². The molecular weight excluding hydrogens is 114 g/mol. The van der Waals surface area contributed by atoms with Crippen molar-refractivity contribution in [3.63, 3.8) is 0 Å². The zero-order valence-corrected chi connectivity index (χ0v) is 5.80. The summed E-state index contributed by atoms with van der Waals surface area (Å²) in [6, 6.07) is 0. The van der Waals surface area contributed by atoms with Gasteiger partial charge in [0.15, 0.2) is 0 Å². The second-order valence-corrected chi connectivity index (χ2v) is 2.87. The van der Waals surface area contributed by atoms with E-state index < -0.39 is 0 Å². The molecule has 0 saturated heterocycles. The number of oxime groups is 1. The van der Waals surface area contributed by atoms with E-state index in [1.54, 1.807) is 0 Å². The standard InChI is InChI=1S/C7H13NO/c1-6-3-2-4-7(5-6)8-9/h6,9H,2-5H2,1H3/b8-7+/t6-/m1/s1. The van der Waals surface area contributed by atoms with Crippen LogP contribution in [-0.4, -0.2) is 10.9 Å². The number of hydrogen-bond acceptors (Lipinski definition) is 2. The van der Waals surface area contributed by atoms with Crippen LogP contribution in [0, 0.1) is 5.92 Å². The van der Waals surface area contributed by atoms with E-state index in [4.69, 9.17) is 5.21 Å². The van der Waals surface area contributed by atoms with Gasteiger partial charge in [0.25, 0.3) is 0 Å². The summed E-state index contributed by atoms with van der Waals surface area (Å²) in [5.74, 6) is 0.727. The summed E-state index contributed by atoms with van der Waals surface area (Å²) in [7, 11) is 0. The molecule has 0 bridgehead atoms. The van der Waals surface area contributed by atoms with Crippen LogP contribution >= 0.6 is 0 Å². The van der Waals surface area contributed by atoms with Crippen molar-refractivity contribution in [2.24, 2.45) is 11.1 Å². The lowest BCUT2D eigenvalue weighted by atomic mass is 9.89. The van der Waals surface area contributed by atoms with Crippen molar-refractivity contribution in [2.75, 3.05) is 0 Å². The molecule has 1 saturated carbocycles. The minimum absolute atomic E-state index is 0.727.